The van der Waals surface area contributed by atoms with Crippen molar-refractivity contribution in [3.63, 3.8) is 0 Å². The van der Waals surface area contributed by atoms with Gasteiger partial charge in [-0.25, -0.2) is 0 Å². The lowest BCUT2D eigenvalue weighted by Crippen LogP contribution is -2.40. The summed E-state index contributed by atoms with van der Waals surface area (Å²) in [4.78, 5) is 9.98. The molecule has 1 aliphatic heterocycles. The smallest absolute Gasteiger partial charge is 0.427 e. The average Bonchev–Trinajstić information content (AvgIpc) is 2.49. The number of hydrogen-bond donors (Lipinski definition) is 3. The first-order chi connectivity index (χ1) is 11.8. The van der Waals surface area contributed by atoms with E-state index in [1.54, 1.807) is 6.07 Å². The van der Waals surface area contributed by atoms with Crippen molar-refractivity contribution in [2.75, 3.05) is 0 Å². The van der Waals surface area contributed by atoms with Crippen LogP contribution in [0.5, 0.6) is 5.75 Å². The summed E-state index contributed by atoms with van der Waals surface area (Å²) < 4.78 is 5.57. The lowest BCUT2D eigenvalue weighted by molar-refractivity contribution is -0.442. The predicted molar refractivity (Wildman–Crippen MR) is 105 cm³/mol. The van der Waals surface area contributed by atoms with E-state index in [0.29, 0.717) is 5.75 Å². The largest absolute Gasteiger partial charge is 0.504 e. The average molecular weight is 476 g/mol. The fourth-order valence-electron chi connectivity index (χ4n) is 3.07. The van der Waals surface area contributed by atoms with Gasteiger partial charge in [-0.3, -0.25) is 0 Å². The monoisotopic (exact) mass is 476 g/mol. The van der Waals surface area contributed by atoms with Crippen molar-refractivity contribution in [3.8, 4) is 5.75 Å². The fourth-order valence-corrected chi connectivity index (χ4v) is 3.67. The Bertz CT molecular complexity index is 732. The Hall–Kier alpha value is -1.45. The summed E-state index contributed by atoms with van der Waals surface area (Å²) in [7, 11) is 0. The van der Waals surface area contributed by atoms with Gasteiger partial charge in [-0.1, -0.05) is 40.7 Å². The Balaban J connectivity index is 2.15. The zero-order valence-corrected chi connectivity index (χ0v) is 17.7. The topological polar surface area (TPSA) is 88.4 Å². The highest BCUT2D eigenvalue weighted by Gasteiger charge is 2.43. The van der Waals surface area contributed by atoms with Crippen molar-refractivity contribution in [1.82, 2.24) is 0 Å². The summed E-state index contributed by atoms with van der Waals surface area (Å²) in [6.45, 7) is 11.0. The highest BCUT2D eigenvalue weighted by molar-refractivity contribution is 14.1. The van der Waals surface area contributed by atoms with Gasteiger partial charge in [0, 0.05) is 6.08 Å². The van der Waals surface area contributed by atoms with E-state index in [1.165, 1.54) is 0 Å². The molecule has 0 radical (unpaired) electrons. The van der Waals surface area contributed by atoms with Gasteiger partial charge in [-0.2, -0.15) is 0 Å². The first kappa shape index (κ1) is 20.9. The van der Waals surface area contributed by atoms with Gasteiger partial charge >= 0.3 is 5.97 Å². The van der Waals surface area contributed by atoms with E-state index >= 15 is 0 Å². The number of benzene rings is 1. The molecule has 6 nitrogen and oxygen atoms in total. The van der Waals surface area contributed by atoms with Crippen molar-refractivity contribution in [2.45, 2.75) is 52.4 Å². The Morgan fingerprint density at radius 2 is 1.81 bits per heavy atom. The summed E-state index contributed by atoms with van der Waals surface area (Å²) in [6, 6.07) is 5.65. The van der Waals surface area contributed by atoms with Gasteiger partial charge in [0.15, 0.2) is 11.5 Å². The molecule has 0 saturated heterocycles. The molecule has 1 heterocycles. The van der Waals surface area contributed by atoms with Crippen molar-refractivity contribution in [2.24, 2.45) is 5.41 Å². The van der Waals surface area contributed by atoms with E-state index in [2.05, 4.69) is 57.2 Å². The van der Waals surface area contributed by atoms with Gasteiger partial charge in [-0.15, -0.1) is 4.89 Å². The standard InChI is InChI=1S/C19H25IO6/c1-17(2,3)11-18(4,5)12-6-7-15(13(20)10-12)25-26-19(23)16(22)14(21)8-9-24-19/h6-10,21-23H,11H2,1-5H3. The van der Waals surface area contributed by atoms with Crippen LogP contribution >= 0.6 is 22.6 Å². The SMILES string of the molecule is CC(C)(C)CC(C)(C)c1ccc(OOC2(O)OC=CC(O)=C2O)c(I)c1. The Morgan fingerprint density at radius 3 is 2.38 bits per heavy atom. The van der Waals surface area contributed by atoms with Crippen LogP contribution in [0.4, 0.5) is 0 Å². The van der Waals surface area contributed by atoms with Gasteiger partial charge in [0.05, 0.1) is 9.83 Å². The van der Waals surface area contributed by atoms with Crippen molar-refractivity contribution < 1.29 is 29.8 Å². The maximum atomic E-state index is 10.1. The molecular formula is C19H25IO6. The van der Waals surface area contributed by atoms with Crippen LogP contribution in [0.25, 0.3) is 0 Å². The molecule has 7 heteroatoms. The second-order valence-corrected chi connectivity index (χ2v) is 9.33. The molecular weight excluding hydrogens is 451 g/mol. The molecule has 1 aromatic rings. The van der Waals surface area contributed by atoms with Gasteiger partial charge < -0.3 is 24.9 Å². The Kier molecular flexibility index (Phi) is 5.84. The van der Waals surface area contributed by atoms with Crippen molar-refractivity contribution >= 4 is 22.6 Å². The zero-order chi connectivity index (χ0) is 19.8. The quantitative estimate of drug-likeness (QED) is 0.244. The molecule has 0 aliphatic carbocycles. The van der Waals surface area contributed by atoms with E-state index in [4.69, 9.17) is 14.5 Å². The molecule has 0 spiro atoms. The number of allylic oxidation sites excluding steroid dienone is 1. The maximum absolute atomic E-state index is 10.1. The third kappa shape index (κ3) is 4.83. The molecule has 1 aliphatic rings. The van der Waals surface area contributed by atoms with Crippen LogP contribution in [-0.2, 0) is 15.0 Å². The van der Waals surface area contributed by atoms with E-state index < -0.39 is 17.5 Å². The van der Waals surface area contributed by atoms with Gasteiger partial charge in [0.2, 0.25) is 5.76 Å². The molecule has 1 atom stereocenters. The Labute approximate surface area is 167 Å². The minimum Gasteiger partial charge on any atom is -0.504 e. The number of hydrogen-bond acceptors (Lipinski definition) is 6. The Morgan fingerprint density at radius 1 is 1.15 bits per heavy atom. The molecule has 0 saturated carbocycles. The van der Waals surface area contributed by atoms with Crippen LogP contribution in [0.1, 0.15) is 46.6 Å². The summed E-state index contributed by atoms with van der Waals surface area (Å²) in [5.74, 6) is -3.72. The second kappa shape index (κ2) is 7.28. The van der Waals surface area contributed by atoms with Crippen LogP contribution < -0.4 is 4.89 Å². The van der Waals surface area contributed by atoms with Gasteiger partial charge in [0.25, 0.3) is 0 Å². The summed E-state index contributed by atoms with van der Waals surface area (Å²) in [5, 5.41) is 29.2. The highest BCUT2D eigenvalue weighted by Crippen LogP contribution is 2.38. The first-order valence-corrected chi connectivity index (χ1v) is 9.27. The number of halogens is 1. The molecule has 0 aromatic heterocycles. The molecule has 0 bridgehead atoms. The number of aliphatic hydroxyl groups excluding tert-OH is 2. The number of rotatable bonds is 5. The van der Waals surface area contributed by atoms with Gasteiger partial charge in [-0.05, 0) is 57.5 Å². The fraction of sp³-hybridized carbons (Fsp3) is 0.474. The highest BCUT2D eigenvalue weighted by atomic mass is 127. The van der Waals surface area contributed by atoms with Crippen LogP contribution in [0.3, 0.4) is 0 Å². The van der Waals surface area contributed by atoms with E-state index in [0.717, 1.165) is 27.9 Å². The number of aliphatic hydroxyl groups is 3. The minimum atomic E-state index is -2.61. The maximum Gasteiger partial charge on any atom is 0.427 e. The van der Waals surface area contributed by atoms with Crippen LogP contribution in [0.2, 0.25) is 0 Å². The van der Waals surface area contributed by atoms with E-state index in [1.807, 2.05) is 12.1 Å². The third-order valence-electron chi connectivity index (χ3n) is 3.93. The van der Waals surface area contributed by atoms with E-state index in [9.17, 15) is 15.3 Å². The normalized spacial score (nSPS) is 20.9. The lowest BCUT2D eigenvalue weighted by Gasteiger charge is -2.33. The van der Waals surface area contributed by atoms with Gasteiger partial charge in [0.1, 0.15) is 0 Å². The second-order valence-electron chi connectivity index (χ2n) is 8.17. The predicted octanol–water partition coefficient (Wildman–Crippen LogP) is 4.83. The molecule has 0 amide bonds. The third-order valence-corrected chi connectivity index (χ3v) is 4.77. The summed E-state index contributed by atoms with van der Waals surface area (Å²) in [5.41, 5.74) is 1.31. The first-order valence-electron chi connectivity index (χ1n) is 8.19. The van der Waals surface area contributed by atoms with Crippen LogP contribution in [-0.4, -0.2) is 21.3 Å². The van der Waals surface area contributed by atoms with Crippen LogP contribution in [0, 0.1) is 8.99 Å². The molecule has 144 valence electrons. The molecule has 2 rings (SSSR count). The molecule has 26 heavy (non-hydrogen) atoms. The van der Waals surface area contributed by atoms with Crippen molar-refractivity contribution in [3.05, 3.63) is 51.2 Å². The summed E-state index contributed by atoms with van der Waals surface area (Å²) in [6.07, 6.45) is 3.06. The summed E-state index contributed by atoms with van der Waals surface area (Å²) >= 11 is 2.11. The minimum absolute atomic E-state index is 0.0279. The molecule has 1 unspecified atom stereocenters. The molecule has 1 aromatic carbocycles. The van der Waals surface area contributed by atoms with Crippen molar-refractivity contribution in [1.29, 1.82) is 0 Å². The number of ether oxygens (including phenoxy) is 1. The molecule has 0 fully saturated rings. The molecule has 3 N–H and O–H groups in total. The van der Waals surface area contributed by atoms with E-state index in [-0.39, 0.29) is 10.8 Å². The zero-order valence-electron chi connectivity index (χ0n) is 15.5. The lowest BCUT2D eigenvalue weighted by atomic mass is 9.72. The van der Waals surface area contributed by atoms with Crippen LogP contribution in [0.15, 0.2) is 42.1 Å².